The smallest absolute Gasteiger partial charge is 0.277 e. The summed E-state index contributed by atoms with van der Waals surface area (Å²) in [6.07, 6.45) is 0. The summed E-state index contributed by atoms with van der Waals surface area (Å²) in [5.74, 6) is 0.966. The standard InChI is InChI=1S/C26H33NO3Si2/c1-30-26-22(18-31(2,3)4)25(19-13-9-8-10-14-19)21(17-24(26)32(5,6)7)20-15-11-12-16-23(20)27(28)29/h8-17H,18H2,1-7H3. The van der Waals surface area contributed by atoms with E-state index in [1.54, 1.807) is 19.2 Å². The maximum absolute atomic E-state index is 12.0. The lowest BCUT2D eigenvalue weighted by molar-refractivity contribution is -0.384. The van der Waals surface area contributed by atoms with E-state index in [1.807, 2.05) is 30.3 Å². The molecule has 0 unspecified atom stereocenters. The minimum absolute atomic E-state index is 0.135. The number of nitro benzene ring substituents is 1. The highest BCUT2D eigenvalue weighted by molar-refractivity contribution is 6.89. The van der Waals surface area contributed by atoms with Gasteiger partial charge in [0.25, 0.3) is 5.69 Å². The van der Waals surface area contributed by atoms with Crippen LogP contribution in [-0.2, 0) is 6.04 Å². The molecule has 0 aromatic heterocycles. The topological polar surface area (TPSA) is 52.4 Å². The number of nitro groups is 1. The molecule has 3 aromatic carbocycles. The van der Waals surface area contributed by atoms with Gasteiger partial charge in [0.15, 0.2) is 0 Å². The first-order valence-electron chi connectivity index (χ1n) is 11.0. The number of hydrogen-bond donors (Lipinski definition) is 0. The maximum Gasteiger partial charge on any atom is 0.277 e. The molecule has 0 aliphatic rings. The van der Waals surface area contributed by atoms with Crippen molar-refractivity contribution in [1.29, 1.82) is 0 Å². The van der Waals surface area contributed by atoms with Crippen LogP contribution in [0.5, 0.6) is 5.75 Å². The average Bonchev–Trinajstić information content (AvgIpc) is 2.71. The molecule has 0 aliphatic heterocycles. The normalized spacial score (nSPS) is 12.0. The van der Waals surface area contributed by atoms with Gasteiger partial charge < -0.3 is 4.74 Å². The van der Waals surface area contributed by atoms with Crippen molar-refractivity contribution in [3.8, 4) is 28.0 Å². The lowest BCUT2D eigenvalue weighted by Crippen LogP contribution is -2.40. The van der Waals surface area contributed by atoms with E-state index in [9.17, 15) is 10.1 Å². The zero-order valence-electron chi connectivity index (χ0n) is 20.2. The molecule has 0 radical (unpaired) electrons. The van der Waals surface area contributed by atoms with E-state index in [0.717, 1.165) is 28.5 Å². The zero-order chi connectivity index (χ0) is 23.7. The van der Waals surface area contributed by atoms with Gasteiger partial charge >= 0.3 is 0 Å². The van der Waals surface area contributed by atoms with Crippen molar-refractivity contribution in [3.63, 3.8) is 0 Å². The summed E-state index contributed by atoms with van der Waals surface area (Å²) in [6, 6.07) is 20.4. The first-order valence-corrected chi connectivity index (χ1v) is 18.2. The SMILES string of the molecule is COc1c([Si](C)(C)C)cc(-c2ccccc2[N+](=O)[O-])c(-c2ccccc2)c1C[Si](C)(C)C. The average molecular weight is 464 g/mol. The van der Waals surface area contributed by atoms with Crippen molar-refractivity contribution in [2.75, 3.05) is 7.11 Å². The quantitative estimate of drug-likeness (QED) is 0.217. The Morgan fingerprint density at radius 2 is 1.47 bits per heavy atom. The number of hydrogen-bond acceptors (Lipinski definition) is 3. The van der Waals surface area contributed by atoms with Gasteiger partial charge in [0, 0.05) is 14.1 Å². The van der Waals surface area contributed by atoms with Crippen molar-refractivity contribution >= 4 is 27.0 Å². The Balaban J connectivity index is 2.56. The van der Waals surface area contributed by atoms with Crippen molar-refractivity contribution in [2.24, 2.45) is 0 Å². The van der Waals surface area contributed by atoms with Crippen LogP contribution in [0.15, 0.2) is 60.7 Å². The molecule has 0 spiro atoms. The lowest BCUT2D eigenvalue weighted by atomic mass is 9.89. The highest BCUT2D eigenvalue weighted by Crippen LogP contribution is 2.43. The summed E-state index contributed by atoms with van der Waals surface area (Å²) in [5, 5.41) is 13.2. The van der Waals surface area contributed by atoms with Crippen LogP contribution in [-0.4, -0.2) is 28.2 Å². The van der Waals surface area contributed by atoms with Crippen LogP contribution in [0.1, 0.15) is 5.56 Å². The van der Waals surface area contributed by atoms with Crippen molar-refractivity contribution in [1.82, 2.24) is 0 Å². The molecule has 6 heteroatoms. The van der Waals surface area contributed by atoms with Crippen LogP contribution in [0.2, 0.25) is 39.3 Å². The van der Waals surface area contributed by atoms with Crippen LogP contribution >= 0.6 is 0 Å². The number of para-hydroxylation sites is 1. The molecule has 0 atom stereocenters. The predicted molar refractivity (Wildman–Crippen MR) is 141 cm³/mol. The Morgan fingerprint density at radius 3 is 2.00 bits per heavy atom. The monoisotopic (exact) mass is 463 g/mol. The fourth-order valence-corrected chi connectivity index (χ4v) is 7.13. The van der Waals surface area contributed by atoms with Gasteiger partial charge in [-0.05, 0) is 39.6 Å². The summed E-state index contributed by atoms with van der Waals surface area (Å²) in [6.45, 7) is 14.0. The molecule has 0 fully saturated rings. The van der Waals surface area contributed by atoms with Crippen LogP contribution < -0.4 is 9.92 Å². The molecule has 3 rings (SSSR count). The first-order chi connectivity index (χ1) is 14.9. The van der Waals surface area contributed by atoms with Crippen molar-refractivity contribution < 1.29 is 9.66 Å². The third kappa shape index (κ3) is 5.02. The van der Waals surface area contributed by atoms with E-state index in [4.69, 9.17) is 4.74 Å². The first kappa shape index (κ1) is 23.9. The highest BCUT2D eigenvalue weighted by atomic mass is 28.3. The minimum Gasteiger partial charge on any atom is -0.497 e. The molecule has 4 nitrogen and oxygen atoms in total. The highest BCUT2D eigenvalue weighted by Gasteiger charge is 2.31. The molecule has 0 saturated carbocycles. The van der Waals surface area contributed by atoms with Gasteiger partial charge in [-0.15, -0.1) is 0 Å². The van der Waals surface area contributed by atoms with E-state index >= 15 is 0 Å². The van der Waals surface area contributed by atoms with E-state index in [2.05, 4.69) is 57.5 Å². The van der Waals surface area contributed by atoms with E-state index < -0.39 is 16.1 Å². The van der Waals surface area contributed by atoms with E-state index in [-0.39, 0.29) is 10.6 Å². The Bertz CT molecular complexity index is 1130. The van der Waals surface area contributed by atoms with Crippen molar-refractivity contribution in [2.45, 2.75) is 45.3 Å². The summed E-state index contributed by atoms with van der Waals surface area (Å²) in [5.41, 5.74) is 5.03. The molecule has 0 saturated heterocycles. The molecule has 0 bridgehead atoms. The fraction of sp³-hybridized carbons (Fsp3) is 0.308. The number of ether oxygens (including phenoxy) is 1. The number of rotatable bonds is 7. The molecular weight excluding hydrogens is 430 g/mol. The fourth-order valence-electron chi connectivity index (χ4n) is 4.22. The third-order valence-corrected chi connectivity index (χ3v) is 8.95. The van der Waals surface area contributed by atoms with Gasteiger partial charge in [-0.1, -0.05) is 87.8 Å². The maximum atomic E-state index is 12.0. The zero-order valence-corrected chi connectivity index (χ0v) is 22.2. The summed E-state index contributed by atoms with van der Waals surface area (Å²) in [4.78, 5) is 11.7. The molecule has 0 aliphatic carbocycles. The molecule has 0 heterocycles. The number of nitrogens with zero attached hydrogens (tertiary/aromatic N) is 1. The van der Waals surface area contributed by atoms with Gasteiger partial charge in [0.2, 0.25) is 0 Å². The second-order valence-electron chi connectivity index (χ2n) is 10.5. The predicted octanol–water partition coefficient (Wildman–Crippen LogP) is 6.90. The summed E-state index contributed by atoms with van der Waals surface area (Å²) < 4.78 is 6.10. The lowest BCUT2D eigenvalue weighted by Gasteiger charge is -2.29. The van der Waals surface area contributed by atoms with Gasteiger partial charge in [0.05, 0.1) is 25.7 Å². The molecule has 3 aromatic rings. The second-order valence-corrected chi connectivity index (χ2v) is 21.0. The number of methoxy groups -OCH3 is 1. The summed E-state index contributed by atoms with van der Waals surface area (Å²) in [7, 11) is -1.61. The number of benzene rings is 3. The second kappa shape index (κ2) is 9.04. The molecule has 168 valence electrons. The van der Waals surface area contributed by atoms with Crippen LogP contribution in [0.25, 0.3) is 22.3 Å². The summed E-state index contributed by atoms with van der Waals surface area (Å²) >= 11 is 0. The molecule has 0 N–H and O–H groups in total. The minimum atomic E-state index is -1.82. The van der Waals surface area contributed by atoms with Crippen LogP contribution in [0.4, 0.5) is 5.69 Å². The Hall–Kier alpha value is -2.71. The van der Waals surface area contributed by atoms with E-state index in [0.29, 0.717) is 5.56 Å². The van der Waals surface area contributed by atoms with Gasteiger partial charge in [-0.2, -0.15) is 0 Å². The molecule has 0 amide bonds. The van der Waals surface area contributed by atoms with Crippen molar-refractivity contribution in [3.05, 3.63) is 76.3 Å². The Morgan fingerprint density at radius 1 is 0.875 bits per heavy atom. The molecule has 32 heavy (non-hydrogen) atoms. The Labute approximate surface area is 193 Å². The van der Waals surface area contributed by atoms with E-state index in [1.165, 1.54) is 10.8 Å². The van der Waals surface area contributed by atoms with Gasteiger partial charge in [0.1, 0.15) is 5.75 Å². The largest absolute Gasteiger partial charge is 0.497 e. The van der Waals surface area contributed by atoms with Gasteiger partial charge in [-0.3, -0.25) is 10.1 Å². The Kier molecular flexibility index (Phi) is 6.76. The van der Waals surface area contributed by atoms with Crippen LogP contribution in [0.3, 0.4) is 0 Å². The third-order valence-electron chi connectivity index (χ3n) is 5.55. The van der Waals surface area contributed by atoms with Crippen LogP contribution in [0, 0.1) is 10.1 Å². The molecular formula is C26H33NO3Si2. The van der Waals surface area contributed by atoms with Gasteiger partial charge in [-0.25, -0.2) is 0 Å².